The van der Waals surface area contributed by atoms with E-state index in [9.17, 15) is 9.59 Å². The van der Waals surface area contributed by atoms with Crippen LogP contribution in [-0.4, -0.2) is 43.3 Å². The van der Waals surface area contributed by atoms with Gasteiger partial charge in [-0.3, -0.25) is 4.79 Å². The molecule has 0 aromatic rings. The van der Waals surface area contributed by atoms with Crippen molar-refractivity contribution in [3.8, 4) is 0 Å². The molecule has 0 radical (unpaired) electrons. The zero-order valence-electron chi connectivity index (χ0n) is 11.0. The molecule has 1 unspecified atom stereocenters. The van der Waals surface area contributed by atoms with E-state index >= 15 is 0 Å². The molecule has 1 aliphatic heterocycles. The van der Waals surface area contributed by atoms with E-state index < -0.39 is 0 Å². The summed E-state index contributed by atoms with van der Waals surface area (Å²) in [5.41, 5.74) is 0. The summed E-state index contributed by atoms with van der Waals surface area (Å²) in [6.45, 7) is 4.62. The zero-order valence-corrected chi connectivity index (χ0v) is 11.0. The van der Waals surface area contributed by atoms with Crippen LogP contribution in [0.1, 0.15) is 39.0 Å². The minimum Gasteiger partial charge on any atom is -0.359 e. The number of unbranched alkanes of at least 4 members (excludes halogenated alkanes) is 1. The molecule has 0 bridgehead atoms. The van der Waals surface area contributed by atoms with Gasteiger partial charge in [0.05, 0.1) is 5.92 Å². The van der Waals surface area contributed by atoms with Gasteiger partial charge in [-0.15, -0.1) is 0 Å². The van der Waals surface area contributed by atoms with E-state index in [1.807, 2.05) is 0 Å². The maximum atomic E-state index is 11.5. The van der Waals surface area contributed by atoms with Gasteiger partial charge in [0.1, 0.15) is 5.78 Å². The van der Waals surface area contributed by atoms with Gasteiger partial charge in [0.25, 0.3) is 0 Å². The number of nitrogens with one attached hydrogen (secondary N) is 1. The topological polar surface area (TPSA) is 49.4 Å². The summed E-state index contributed by atoms with van der Waals surface area (Å²) < 4.78 is 0. The predicted molar refractivity (Wildman–Crippen MR) is 67.8 cm³/mol. The highest BCUT2D eigenvalue weighted by Crippen LogP contribution is 2.17. The zero-order chi connectivity index (χ0) is 12.7. The van der Waals surface area contributed by atoms with Crippen molar-refractivity contribution in [2.24, 2.45) is 5.92 Å². The van der Waals surface area contributed by atoms with Crippen molar-refractivity contribution < 1.29 is 9.59 Å². The maximum Gasteiger partial charge on any atom is 0.224 e. The number of likely N-dealkylation sites (tertiary alicyclic amines) is 1. The maximum absolute atomic E-state index is 11.5. The van der Waals surface area contributed by atoms with Gasteiger partial charge in [-0.05, 0) is 45.7 Å². The highest BCUT2D eigenvalue weighted by molar-refractivity contribution is 5.78. The largest absolute Gasteiger partial charge is 0.359 e. The Morgan fingerprint density at radius 3 is 2.76 bits per heavy atom. The van der Waals surface area contributed by atoms with E-state index in [4.69, 9.17) is 0 Å². The lowest BCUT2D eigenvalue weighted by Gasteiger charge is -2.31. The van der Waals surface area contributed by atoms with Crippen molar-refractivity contribution in [2.75, 3.05) is 26.7 Å². The quantitative estimate of drug-likeness (QED) is 0.710. The third-order valence-electron chi connectivity index (χ3n) is 3.38. The summed E-state index contributed by atoms with van der Waals surface area (Å²) in [6.07, 6.45) is 4.82. The molecule has 0 spiro atoms. The first kappa shape index (κ1) is 14.2. The average molecular weight is 240 g/mol. The van der Waals surface area contributed by atoms with Gasteiger partial charge in [-0.2, -0.15) is 0 Å². The van der Waals surface area contributed by atoms with Crippen molar-refractivity contribution >= 4 is 11.7 Å². The molecule has 4 heteroatoms. The molecule has 98 valence electrons. The molecule has 17 heavy (non-hydrogen) atoms. The van der Waals surface area contributed by atoms with Crippen LogP contribution >= 0.6 is 0 Å². The van der Waals surface area contributed by atoms with Crippen LogP contribution in [0.2, 0.25) is 0 Å². The Hall–Kier alpha value is -0.900. The number of rotatable bonds is 6. The molecule has 1 heterocycles. The Morgan fingerprint density at radius 2 is 2.12 bits per heavy atom. The van der Waals surface area contributed by atoms with Crippen LogP contribution < -0.4 is 5.32 Å². The second-order valence-corrected chi connectivity index (χ2v) is 4.91. The van der Waals surface area contributed by atoms with Crippen molar-refractivity contribution in [3.05, 3.63) is 0 Å². The molecule has 0 aliphatic carbocycles. The normalized spacial score (nSPS) is 21.2. The van der Waals surface area contributed by atoms with E-state index in [0.29, 0.717) is 6.42 Å². The van der Waals surface area contributed by atoms with E-state index in [1.165, 1.54) is 0 Å². The number of amides is 1. The van der Waals surface area contributed by atoms with Crippen LogP contribution in [0.25, 0.3) is 0 Å². The SMILES string of the molecule is CNC(=O)C1CCCN(CCCCC(C)=O)C1. The molecule has 1 amide bonds. The molecule has 0 aromatic heterocycles. The molecule has 0 aromatic carbocycles. The number of hydrogen-bond donors (Lipinski definition) is 1. The highest BCUT2D eigenvalue weighted by atomic mass is 16.1. The van der Waals surface area contributed by atoms with Crippen LogP contribution in [0.5, 0.6) is 0 Å². The van der Waals surface area contributed by atoms with Gasteiger partial charge >= 0.3 is 0 Å². The van der Waals surface area contributed by atoms with E-state index in [2.05, 4.69) is 10.2 Å². The molecule has 1 aliphatic rings. The lowest BCUT2D eigenvalue weighted by molar-refractivity contribution is -0.126. The van der Waals surface area contributed by atoms with Gasteiger partial charge in [0, 0.05) is 20.0 Å². The summed E-state index contributed by atoms with van der Waals surface area (Å²) in [4.78, 5) is 24.7. The average Bonchev–Trinajstić information content (AvgIpc) is 2.34. The lowest BCUT2D eigenvalue weighted by Crippen LogP contribution is -2.42. The van der Waals surface area contributed by atoms with Crippen molar-refractivity contribution in [3.63, 3.8) is 0 Å². The molecule has 1 rings (SSSR count). The van der Waals surface area contributed by atoms with Gasteiger partial charge in [0.15, 0.2) is 0 Å². The highest BCUT2D eigenvalue weighted by Gasteiger charge is 2.24. The molecular formula is C13H24N2O2. The Balaban J connectivity index is 2.20. The molecule has 1 N–H and O–H groups in total. The lowest BCUT2D eigenvalue weighted by atomic mass is 9.97. The number of carbonyl (C=O) groups excluding carboxylic acids is 2. The third-order valence-corrected chi connectivity index (χ3v) is 3.38. The van der Waals surface area contributed by atoms with Crippen molar-refractivity contribution in [1.29, 1.82) is 0 Å². The summed E-state index contributed by atoms with van der Waals surface area (Å²) in [7, 11) is 1.70. The van der Waals surface area contributed by atoms with Crippen LogP contribution in [0.15, 0.2) is 0 Å². The minimum absolute atomic E-state index is 0.154. The Bertz CT molecular complexity index is 266. The molecule has 0 saturated carbocycles. The summed E-state index contributed by atoms with van der Waals surface area (Å²) >= 11 is 0. The number of nitrogens with zero attached hydrogens (tertiary/aromatic N) is 1. The first-order valence-corrected chi connectivity index (χ1v) is 6.57. The monoisotopic (exact) mass is 240 g/mol. The molecule has 1 saturated heterocycles. The van der Waals surface area contributed by atoms with Gasteiger partial charge in [0.2, 0.25) is 5.91 Å². The van der Waals surface area contributed by atoms with Crippen LogP contribution in [0, 0.1) is 5.92 Å². The van der Waals surface area contributed by atoms with Gasteiger partial charge in [-0.1, -0.05) is 0 Å². The van der Waals surface area contributed by atoms with Crippen molar-refractivity contribution in [1.82, 2.24) is 10.2 Å². The van der Waals surface area contributed by atoms with Crippen LogP contribution in [0.4, 0.5) is 0 Å². The fourth-order valence-electron chi connectivity index (χ4n) is 2.39. The summed E-state index contributed by atoms with van der Waals surface area (Å²) in [6, 6.07) is 0. The Labute approximate surface area is 104 Å². The Morgan fingerprint density at radius 1 is 1.35 bits per heavy atom. The number of Topliss-reactive ketones (excluding diaryl/α,β-unsaturated/α-hetero) is 1. The number of hydrogen-bond acceptors (Lipinski definition) is 3. The first-order chi connectivity index (χ1) is 8.13. The fraction of sp³-hybridized carbons (Fsp3) is 0.846. The van der Waals surface area contributed by atoms with Crippen LogP contribution in [-0.2, 0) is 9.59 Å². The smallest absolute Gasteiger partial charge is 0.224 e. The number of carbonyl (C=O) groups is 2. The number of ketones is 1. The Kier molecular flexibility index (Phi) is 6.19. The molecule has 1 atom stereocenters. The fourth-order valence-corrected chi connectivity index (χ4v) is 2.39. The van der Waals surface area contributed by atoms with Gasteiger partial charge < -0.3 is 15.0 Å². The first-order valence-electron chi connectivity index (χ1n) is 6.57. The summed E-state index contributed by atoms with van der Waals surface area (Å²) in [5.74, 6) is 0.590. The van der Waals surface area contributed by atoms with E-state index in [1.54, 1.807) is 14.0 Å². The minimum atomic E-state index is 0.154. The standard InChI is InChI=1S/C13H24N2O2/c1-11(16)6-3-4-8-15-9-5-7-12(10-15)13(17)14-2/h12H,3-10H2,1-2H3,(H,14,17). The molecular weight excluding hydrogens is 216 g/mol. The van der Waals surface area contributed by atoms with E-state index in [0.717, 1.165) is 45.3 Å². The van der Waals surface area contributed by atoms with E-state index in [-0.39, 0.29) is 17.6 Å². The predicted octanol–water partition coefficient (Wildman–Crippen LogP) is 1.20. The molecule has 1 fully saturated rings. The second-order valence-electron chi connectivity index (χ2n) is 4.91. The summed E-state index contributed by atoms with van der Waals surface area (Å²) in [5, 5.41) is 2.73. The van der Waals surface area contributed by atoms with Crippen molar-refractivity contribution in [2.45, 2.75) is 39.0 Å². The third kappa shape index (κ3) is 5.31. The van der Waals surface area contributed by atoms with Gasteiger partial charge in [-0.25, -0.2) is 0 Å². The molecule has 4 nitrogen and oxygen atoms in total. The number of piperidine rings is 1. The van der Waals surface area contributed by atoms with Crippen LogP contribution in [0.3, 0.4) is 0 Å². The second kappa shape index (κ2) is 7.43.